The van der Waals surface area contributed by atoms with Gasteiger partial charge in [-0.05, 0) is 50.5 Å². The third-order valence-electron chi connectivity index (χ3n) is 5.15. The van der Waals surface area contributed by atoms with Gasteiger partial charge in [-0.1, -0.05) is 11.6 Å². The number of nitrogens with one attached hydrogen (secondary N) is 2. The van der Waals surface area contributed by atoms with Gasteiger partial charge in [0.1, 0.15) is 11.9 Å². The van der Waals surface area contributed by atoms with Crippen molar-refractivity contribution >= 4 is 46.6 Å². The Bertz CT molecular complexity index is 999. The van der Waals surface area contributed by atoms with Crippen molar-refractivity contribution in [3.05, 3.63) is 47.6 Å². The number of likely N-dealkylation sites (N-methyl/N-ethyl adjacent to an activating group) is 2. The summed E-state index contributed by atoms with van der Waals surface area (Å²) < 4.78 is 0. The summed E-state index contributed by atoms with van der Waals surface area (Å²) in [5, 5.41) is 16.0. The van der Waals surface area contributed by atoms with E-state index in [1.54, 1.807) is 48.3 Å². The molecule has 1 aliphatic heterocycles. The molecule has 11 heteroatoms. The molecule has 1 aromatic heterocycles. The molecule has 0 radical (unpaired) electrons. The molecule has 33 heavy (non-hydrogen) atoms. The minimum Gasteiger partial charge on any atom is -0.391 e. The van der Waals surface area contributed by atoms with Gasteiger partial charge in [0.2, 0.25) is 11.8 Å². The number of amides is 4. The normalized spacial score (nSPS) is 17.7. The van der Waals surface area contributed by atoms with Gasteiger partial charge in [0, 0.05) is 30.7 Å². The molecule has 1 aliphatic rings. The molecule has 3 rings (SSSR count). The number of aromatic nitrogens is 1. The van der Waals surface area contributed by atoms with E-state index in [0.717, 1.165) is 0 Å². The minimum absolute atomic E-state index is 0.0304. The number of rotatable bonds is 6. The van der Waals surface area contributed by atoms with Gasteiger partial charge < -0.3 is 30.4 Å². The topological polar surface area (TPSA) is 118 Å². The molecule has 1 aromatic carbocycles. The molecule has 4 amide bonds. The second-order valence-electron chi connectivity index (χ2n) is 8.08. The van der Waals surface area contributed by atoms with Crippen molar-refractivity contribution in [3.63, 3.8) is 0 Å². The maximum Gasteiger partial charge on any atom is 0.322 e. The summed E-state index contributed by atoms with van der Waals surface area (Å²) in [7, 11) is 5.27. The van der Waals surface area contributed by atoms with Gasteiger partial charge in [0.15, 0.2) is 0 Å². The number of nitrogens with zero attached hydrogens (tertiary/aromatic N) is 4. The van der Waals surface area contributed by atoms with Crippen molar-refractivity contribution in [1.82, 2.24) is 14.8 Å². The summed E-state index contributed by atoms with van der Waals surface area (Å²) >= 11 is 5.86. The Balaban J connectivity index is 1.63. The number of pyridine rings is 1. The largest absolute Gasteiger partial charge is 0.391 e. The summed E-state index contributed by atoms with van der Waals surface area (Å²) in [6.45, 7) is 0.287. The molecule has 2 atom stereocenters. The smallest absolute Gasteiger partial charge is 0.322 e. The number of likely N-dealkylation sites (tertiary alicyclic amines) is 1. The van der Waals surface area contributed by atoms with Gasteiger partial charge >= 0.3 is 6.03 Å². The standard InChI is InChI=1S/C22H27ClN6O4/c1-27(2)13-20(31)28(3)16-8-9-19(24-11-16)26-21(32)18-10-17(30)12-29(18)22(33)25-15-6-4-14(23)5-7-15/h4-9,11,17-18,30H,10,12-13H2,1-3H3,(H,25,33)(H,24,26,32)/t17-,18-/m1/s1. The Labute approximate surface area is 197 Å². The van der Waals surface area contributed by atoms with Gasteiger partial charge in [0.25, 0.3) is 0 Å². The average Bonchev–Trinajstić information content (AvgIpc) is 3.17. The van der Waals surface area contributed by atoms with Crippen molar-refractivity contribution in [1.29, 1.82) is 0 Å². The lowest BCUT2D eigenvalue weighted by Gasteiger charge is -2.24. The number of hydrogen-bond acceptors (Lipinski definition) is 6. The summed E-state index contributed by atoms with van der Waals surface area (Å²) in [6, 6.07) is 8.46. The van der Waals surface area contributed by atoms with E-state index in [4.69, 9.17) is 11.6 Å². The molecular weight excluding hydrogens is 448 g/mol. The van der Waals surface area contributed by atoms with Gasteiger partial charge in [0.05, 0.1) is 24.5 Å². The Morgan fingerprint density at radius 2 is 1.82 bits per heavy atom. The summed E-state index contributed by atoms with van der Waals surface area (Å²) in [4.78, 5) is 46.5. The zero-order chi connectivity index (χ0) is 24.1. The first-order chi connectivity index (χ1) is 15.6. The highest BCUT2D eigenvalue weighted by Crippen LogP contribution is 2.22. The minimum atomic E-state index is -0.863. The van der Waals surface area contributed by atoms with Crippen LogP contribution in [0.5, 0.6) is 0 Å². The van der Waals surface area contributed by atoms with Crippen LogP contribution in [0, 0.1) is 0 Å². The number of aliphatic hydroxyl groups excluding tert-OH is 1. The number of urea groups is 1. The molecule has 2 aromatic rings. The predicted molar refractivity (Wildman–Crippen MR) is 126 cm³/mol. The van der Waals surface area contributed by atoms with Crippen molar-refractivity contribution in [2.24, 2.45) is 0 Å². The van der Waals surface area contributed by atoms with Crippen LogP contribution in [-0.2, 0) is 9.59 Å². The highest BCUT2D eigenvalue weighted by atomic mass is 35.5. The first-order valence-corrected chi connectivity index (χ1v) is 10.7. The molecule has 0 spiro atoms. The van der Waals surface area contributed by atoms with Gasteiger partial charge in [-0.3, -0.25) is 9.59 Å². The second-order valence-corrected chi connectivity index (χ2v) is 8.51. The molecule has 3 N–H and O–H groups in total. The maximum atomic E-state index is 12.8. The molecule has 0 unspecified atom stereocenters. The van der Waals surface area contributed by atoms with E-state index in [1.807, 2.05) is 14.1 Å². The van der Waals surface area contributed by atoms with Crippen LogP contribution in [0.1, 0.15) is 6.42 Å². The molecule has 10 nitrogen and oxygen atoms in total. The summed E-state index contributed by atoms with van der Waals surface area (Å²) in [6.07, 6.45) is 0.778. The Kier molecular flexibility index (Phi) is 7.85. The van der Waals surface area contributed by atoms with E-state index in [-0.39, 0.29) is 31.2 Å². The van der Waals surface area contributed by atoms with Gasteiger partial charge in [-0.25, -0.2) is 9.78 Å². The Morgan fingerprint density at radius 3 is 2.42 bits per heavy atom. The molecular formula is C22H27ClN6O4. The first-order valence-electron chi connectivity index (χ1n) is 10.3. The maximum absolute atomic E-state index is 12.8. The van der Waals surface area contributed by atoms with Crippen LogP contribution in [0.25, 0.3) is 0 Å². The molecule has 0 aliphatic carbocycles. The number of carbonyl (C=O) groups excluding carboxylic acids is 3. The number of benzene rings is 1. The van der Waals surface area contributed by atoms with Crippen molar-refractivity contribution in [2.45, 2.75) is 18.6 Å². The van der Waals surface area contributed by atoms with Crippen LogP contribution in [0.3, 0.4) is 0 Å². The van der Waals surface area contributed by atoms with Crippen LogP contribution in [0.4, 0.5) is 22.0 Å². The number of hydrogen-bond donors (Lipinski definition) is 3. The molecule has 176 valence electrons. The van der Waals surface area contributed by atoms with Gasteiger partial charge in [-0.2, -0.15) is 0 Å². The third kappa shape index (κ3) is 6.41. The van der Waals surface area contributed by atoms with E-state index >= 15 is 0 Å². The monoisotopic (exact) mass is 474 g/mol. The molecule has 1 fully saturated rings. The van der Waals surface area contributed by atoms with Crippen LogP contribution in [0.15, 0.2) is 42.6 Å². The van der Waals surface area contributed by atoms with Crippen molar-refractivity contribution < 1.29 is 19.5 Å². The van der Waals surface area contributed by atoms with Crippen molar-refractivity contribution in [2.75, 3.05) is 49.8 Å². The predicted octanol–water partition coefficient (Wildman–Crippen LogP) is 1.87. The second kappa shape index (κ2) is 10.6. The quantitative estimate of drug-likeness (QED) is 0.588. The van der Waals surface area contributed by atoms with Crippen LogP contribution < -0.4 is 15.5 Å². The van der Waals surface area contributed by atoms with E-state index in [2.05, 4.69) is 15.6 Å². The Hall–Kier alpha value is -3.21. The number of aliphatic hydroxyl groups is 1. The van der Waals surface area contributed by atoms with E-state index in [9.17, 15) is 19.5 Å². The molecule has 1 saturated heterocycles. The summed E-state index contributed by atoms with van der Waals surface area (Å²) in [5.74, 6) is -0.285. The molecule has 2 heterocycles. The fourth-order valence-corrected chi connectivity index (χ4v) is 3.53. The number of anilines is 3. The molecule has 0 saturated carbocycles. The fourth-order valence-electron chi connectivity index (χ4n) is 3.40. The zero-order valence-corrected chi connectivity index (χ0v) is 19.4. The number of β-amino-alcohol motifs (C(OH)–C–C–N with tert-alkyl or cyclic N) is 1. The lowest BCUT2D eigenvalue weighted by Crippen LogP contribution is -2.45. The van der Waals surface area contributed by atoms with Crippen LogP contribution >= 0.6 is 11.6 Å². The van der Waals surface area contributed by atoms with Gasteiger partial charge in [-0.15, -0.1) is 0 Å². The highest BCUT2D eigenvalue weighted by molar-refractivity contribution is 6.30. The first kappa shape index (κ1) is 24.4. The van der Waals surface area contributed by atoms with Crippen LogP contribution in [-0.4, -0.2) is 84.1 Å². The Morgan fingerprint density at radius 1 is 1.12 bits per heavy atom. The number of carbonyl (C=O) groups is 3. The third-order valence-corrected chi connectivity index (χ3v) is 5.40. The fraction of sp³-hybridized carbons (Fsp3) is 0.364. The van der Waals surface area contributed by atoms with Crippen molar-refractivity contribution in [3.8, 4) is 0 Å². The zero-order valence-electron chi connectivity index (χ0n) is 18.7. The van der Waals surface area contributed by atoms with E-state index in [0.29, 0.717) is 16.4 Å². The lowest BCUT2D eigenvalue weighted by molar-refractivity contribution is -0.120. The lowest BCUT2D eigenvalue weighted by atomic mass is 10.2. The summed E-state index contributed by atoms with van der Waals surface area (Å²) in [5.41, 5.74) is 1.11. The average molecular weight is 475 g/mol. The van der Waals surface area contributed by atoms with E-state index in [1.165, 1.54) is 16.0 Å². The van der Waals surface area contributed by atoms with Crippen LogP contribution in [0.2, 0.25) is 5.02 Å². The molecule has 0 bridgehead atoms. The SMILES string of the molecule is CN(C)CC(=O)N(C)c1ccc(NC(=O)[C@H]2C[C@@H](O)CN2C(=O)Nc2ccc(Cl)cc2)nc1. The number of halogens is 1. The highest BCUT2D eigenvalue weighted by Gasteiger charge is 2.39. The van der Waals surface area contributed by atoms with E-state index < -0.39 is 24.1 Å².